The van der Waals surface area contributed by atoms with E-state index < -0.39 is 0 Å². The van der Waals surface area contributed by atoms with E-state index in [0.717, 1.165) is 24.1 Å². The Balaban J connectivity index is 1.66. The van der Waals surface area contributed by atoms with Crippen molar-refractivity contribution < 1.29 is 9.18 Å². The number of carbonyl (C=O) groups is 1. The molecule has 1 amide bonds. The van der Waals surface area contributed by atoms with Gasteiger partial charge in [-0.25, -0.2) is 14.4 Å². The van der Waals surface area contributed by atoms with Gasteiger partial charge in [0.05, 0.1) is 11.4 Å². The maximum absolute atomic E-state index is 13.1. The fraction of sp³-hybridized carbons (Fsp3) is 0.421. The molecule has 25 heavy (non-hydrogen) atoms. The van der Waals surface area contributed by atoms with Gasteiger partial charge in [-0.3, -0.25) is 4.79 Å². The van der Waals surface area contributed by atoms with Gasteiger partial charge in [0.1, 0.15) is 5.82 Å². The van der Waals surface area contributed by atoms with Crippen LogP contribution in [0.5, 0.6) is 0 Å². The van der Waals surface area contributed by atoms with E-state index in [-0.39, 0.29) is 11.7 Å². The molecule has 2 atom stereocenters. The van der Waals surface area contributed by atoms with Crippen LogP contribution < -0.4 is 0 Å². The Labute approximate surface area is 151 Å². The Morgan fingerprint density at radius 2 is 1.88 bits per heavy atom. The van der Waals surface area contributed by atoms with Crippen molar-refractivity contribution in [2.24, 2.45) is 0 Å². The first-order chi connectivity index (χ1) is 12.0. The van der Waals surface area contributed by atoms with Gasteiger partial charge in [0, 0.05) is 23.8 Å². The Morgan fingerprint density at radius 3 is 2.56 bits per heavy atom. The monoisotopic (exact) mass is 359 g/mol. The first-order valence-corrected chi connectivity index (χ1v) is 9.56. The maximum atomic E-state index is 13.1. The summed E-state index contributed by atoms with van der Waals surface area (Å²) in [6.45, 7) is 4.23. The van der Waals surface area contributed by atoms with Crippen LogP contribution in [0.4, 0.5) is 4.39 Å². The van der Waals surface area contributed by atoms with Gasteiger partial charge in [-0.2, -0.15) is 0 Å². The van der Waals surface area contributed by atoms with Crippen LogP contribution in [-0.4, -0.2) is 38.6 Å². The molecule has 3 rings (SSSR count). The van der Waals surface area contributed by atoms with E-state index in [0.29, 0.717) is 23.0 Å². The van der Waals surface area contributed by atoms with E-state index in [1.165, 1.54) is 30.3 Å². The molecule has 1 aliphatic heterocycles. The van der Waals surface area contributed by atoms with Crippen LogP contribution in [-0.2, 0) is 4.79 Å². The highest BCUT2D eigenvalue weighted by Gasteiger charge is 2.28. The second-order valence-electron chi connectivity index (χ2n) is 6.45. The van der Waals surface area contributed by atoms with Gasteiger partial charge in [-0.05, 0) is 63.4 Å². The van der Waals surface area contributed by atoms with Crippen LogP contribution >= 0.6 is 11.8 Å². The number of nitrogens with zero attached hydrogens (tertiary/aromatic N) is 3. The number of hydrogen-bond donors (Lipinski definition) is 0. The lowest BCUT2D eigenvalue weighted by Gasteiger charge is -2.39. The summed E-state index contributed by atoms with van der Waals surface area (Å²) in [4.78, 5) is 23.3. The average Bonchev–Trinajstić information content (AvgIpc) is 2.61. The van der Waals surface area contributed by atoms with Crippen LogP contribution in [0.15, 0.2) is 41.7 Å². The Bertz CT molecular complexity index is 728. The van der Waals surface area contributed by atoms with Gasteiger partial charge in [0.25, 0.3) is 0 Å². The van der Waals surface area contributed by atoms with Gasteiger partial charge in [0.2, 0.25) is 5.91 Å². The number of piperidine rings is 1. The smallest absolute Gasteiger partial charge is 0.233 e. The summed E-state index contributed by atoms with van der Waals surface area (Å²) in [7, 11) is 0. The van der Waals surface area contributed by atoms with Crippen molar-refractivity contribution in [3.63, 3.8) is 0 Å². The van der Waals surface area contributed by atoms with E-state index in [1.54, 1.807) is 24.4 Å². The zero-order valence-electron chi connectivity index (χ0n) is 14.5. The van der Waals surface area contributed by atoms with Crippen molar-refractivity contribution in [1.29, 1.82) is 0 Å². The van der Waals surface area contributed by atoms with E-state index in [9.17, 15) is 9.18 Å². The van der Waals surface area contributed by atoms with E-state index in [4.69, 9.17) is 0 Å². The largest absolute Gasteiger partial charge is 0.337 e. The van der Waals surface area contributed by atoms with Gasteiger partial charge in [-0.15, -0.1) is 0 Å². The molecule has 0 spiro atoms. The quantitative estimate of drug-likeness (QED) is 0.607. The summed E-state index contributed by atoms with van der Waals surface area (Å²) in [6.07, 6.45) is 4.99. The molecule has 0 aliphatic carbocycles. The minimum absolute atomic E-state index is 0.139. The standard InChI is InChI=1S/C19H22FN3OS/c1-13-4-3-5-14(2)23(13)18(24)12-25-19-21-11-10-17(22-19)15-6-8-16(20)9-7-15/h6-11,13-14H,3-5,12H2,1-2H3. The molecular weight excluding hydrogens is 337 g/mol. The van der Waals surface area contributed by atoms with Crippen molar-refractivity contribution in [2.45, 2.75) is 50.4 Å². The molecule has 1 aliphatic rings. The first-order valence-electron chi connectivity index (χ1n) is 8.57. The maximum Gasteiger partial charge on any atom is 0.233 e. The molecule has 0 bridgehead atoms. The molecule has 1 aromatic carbocycles. The Hall–Kier alpha value is -1.95. The summed E-state index contributed by atoms with van der Waals surface area (Å²) in [5.74, 6) is 0.199. The number of likely N-dealkylation sites (tertiary alicyclic amines) is 1. The second-order valence-corrected chi connectivity index (χ2v) is 7.39. The molecule has 1 fully saturated rings. The molecule has 2 aromatic rings. The molecule has 0 N–H and O–H groups in total. The van der Waals surface area contributed by atoms with Crippen LogP contribution in [0.1, 0.15) is 33.1 Å². The number of thioether (sulfide) groups is 1. The van der Waals surface area contributed by atoms with Gasteiger partial charge in [0.15, 0.2) is 5.16 Å². The Morgan fingerprint density at radius 1 is 1.20 bits per heavy atom. The Kier molecular flexibility index (Phi) is 5.68. The zero-order chi connectivity index (χ0) is 17.8. The third kappa shape index (κ3) is 4.37. The lowest BCUT2D eigenvalue weighted by molar-refractivity contribution is -0.134. The highest BCUT2D eigenvalue weighted by atomic mass is 32.2. The molecule has 2 heterocycles. The SMILES string of the molecule is CC1CCCC(C)N1C(=O)CSc1nccc(-c2ccc(F)cc2)n1. The van der Waals surface area contributed by atoms with Crippen LogP contribution in [0.2, 0.25) is 0 Å². The lowest BCUT2D eigenvalue weighted by Crippen LogP contribution is -2.48. The predicted molar refractivity (Wildman–Crippen MR) is 97.8 cm³/mol. The van der Waals surface area contributed by atoms with E-state index >= 15 is 0 Å². The summed E-state index contributed by atoms with van der Waals surface area (Å²) >= 11 is 1.35. The second kappa shape index (κ2) is 7.95. The summed E-state index contributed by atoms with van der Waals surface area (Å²) in [5, 5.41) is 0.562. The van der Waals surface area contributed by atoms with Crippen molar-refractivity contribution in [3.8, 4) is 11.3 Å². The van der Waals surface area contributed by atoms with Gasteiger partial charge in [-0.1, -0.05) is 11.8 Å². The van der Waals surface area contributed by atoms with Crippen LogP contribution in [0, 0.1) is 5.82 Å². The number of hydrogen-bond acceptors (Lipinski definition) is 4. The molecule has 0 radical (unpaired) electrons. The fourth-order valence-electron chi connectivity index (χ4n) is 3.31. The molecule has 1 aromatic heterocycles. The highest BCUT2D eigenvalue weighted by Crippen LogP contribution is 2.25. The number of aromatic nitrogens is 2. The topological polar surface area (TPSA) is 46.1 Å². The minimum atomic E-state index is -0.275. The highest BCUT2D eigenvalue weighted by molar-refractivity contribution is 7.99. The normalized spacial score (nSPS) is 20.5. The molecule has 1 saturated heterocycles. The summed E-state index contributed by atoms with van der Waals surface area (Å²) in [5.41, 5.74) is 1.56. The van der Waals surface area contributed by atoms with Gasteiger partial charge >= 0.3 is 0 Å². The van der Waals surface area contributed by atoms with Crippen LogP contribution in [0.3, 0.4) is 0 Å². The van der Waals surface area contributed by atoms with Crippen molar-refractivity contribution in [3.05, 3.63) is 42.3 Å². The number of rotatable bonds is 4. The first kappa shape index (κ1) is 17.9. The third-order valence-corrected chi connectivity index (χ3v) is 5.43. The van der Waals surface area contributed by atoms with Gasteiger partial charge < -0.3 is 4.90 Å². The molecular formula is C19H22FN3OS. The minimum Gasteiger partial charge on any atom is -0.337 e. The average molecular weight is 359 g/mol. The van der Waals surface area contributed by atoms with Crippen molar-refractivity contribution in [1.82, 2.24) is 14.9 Å². The summed E-state index contributed by atoms with van der Waals surface area (Å²) in [6, 6.07) is 8.57. The number of benzene rings is 1. The molecule has 0 saturated carbocycles. The fourth-order valence-corrected chi connectivity index (χ4v) is 4.01. The summed E-state index contributed by atoms with van der Waals surface area (Å²) < 4.78 is 13.1. The van der Waals surface area contributed by atoms with Crippen molar-refractivity contribution in [2.75, 3.05) is 5.75 Å². The van der Waals surface area contributed by atoms with E-state index in [1.807, 2.05) is 4.90 Å². The van der Waals surface area contributed by atoms with E-state index in [2.05, 4.69) is 23.8 Å². The van der Waals surface area contributed by atoms with Crippen molar-refractivity contribution >= 4 is 17.7 Å². The number of halogens is 1. The van der Waals surface area contributed by atoms with Crippen LogP contribution in [0.25, 0.3) is 11.3 Å². The molecule has 2 unspecified atom stereocenters. The zero-order valence-corrected chi connectivity index (χ0v) is 15.3. The third-order valence-electron chi connectivity index (χ3n) is 4.58. The predicted octanol–water partition coefficient (Wildman–Crippen LogP) is 4.16. The molecule has 4 nitrogen and oxygen atoms in total. The molecule has 6 heteroatoms. The lowest BCUT2D eigenvalue weighted by atomic mass is 9.98. The number of carbonyl (C=O) groups excluding carboxylic acids is 1. The molecule has 132 valence electrons. The number of amides is 1.